The van der Waals surface area contributed by atoms with Gasteiger partial charge in [0.15, 0.2) is 0 Å². The zero-order chi connectivity index (χ0) is 15.0. The zero-order valence-corrected chi connectivity index (χ0v) is 14.1. The van der Waals surface area contributed by atoms with Crippen LogP contribution < -0.4 is 11.1 Å². The molecule has 112 valence electrons. The van der Waals surface area contributed by atoms with Crippen LogP contribution in [0.2, 0.25) is 5.02 Å². The monoisotopic (exact) mass is 340 g/mol. The Bertz CT molecular complexity index is 692. The van der Waals surface area contributed by atoms with Gasteiger partial charge in [0.25, 0.3) is 5.91 Å². The number of amides is 1. The number of thiophene rings is 1. The number of nitrogens with one attached hydrogen (secondary N) is 1. The van der Waals surface area contributed by atoms with E-state index in [-0.39, 0.29) is 10.7 Å². The molecule has 1 fully saturated rings. The predicted molar refractivity (Wildman–Crippen MR) is 93.7 cm³/mol. The number of carbonyl (C=O) groups is 1. The standard InChI is InChI=1S/C15H17ClN2OS2/c1-15(5-2-6-20-15)8-18-14(19)13-12(17)10-7-9(16)3-4-11(10)21-13/h3-4,7H,2,5-6,8,17H2,1H3,(H,18,19). The van der Waals surface area contributed by atoms with Gasteiger partial charge in [-0.2, -0.15) is 11.8 Å². The van der Waals surface area contributed by atoms with Crippen LogP contribution >= 0.6 is 34.7 Å². The fourth-order valence-corrected chi connectivity index (χ4v) is 5.02. The van der Waals surface area contributed by atoms with E-state index < -0.39 is 0 Å². The average Bonchev–Trinajstić information content (AvgIpc) is 3.02. The summed E-state index contributed by atoms with van der Waals surface area (Å²) in [5.41, 5.74) is 6.64. The first-order valence-corrected chi connectivity index (χ1v) is 9.06. The van der Waals surface area contributed by atoms with Crippen LogP contribution in [0.15, 0.2) is 18.2 Å². The van der Waals surface area contributed by atoms with Crippen molar-refractivity contribution in [3.05, 3.63) is 28.1 Å². The summed E-state index contributed by atoms with van der Waals surface area (Å²) in [6, 6.07) is 5.54. The van der Waals surface area contributed by atoms with Crippen molar-refractivity contribution in [2.75, 3.05) is 18.0 Å². The SMILES string of the molecule is CC1(CNC(=O)c2sc3ccc(Cl)cc3c2N)CCCS1. The Hall–Kier alpha value is -0.910. The maximum absolute atomic E-state index is 12.4. The van der Waals surface area contributed by atoms with Gasteiger partial charge in [0.05, 0.1) is 5.69 Å². The van der Waals surface area contributed by atoms with Gasteiger partial charge in [-0.3, -0.25) is 4.79 Å². The molecule has 2 heterocycles. The number of nitrogen functional groups attached to an aromatic ring is 1. The van der Waals surface area contributed by atoms with E-state index in [4.69, 9.17) is 17.3 Å². The molecule has 1 saturated heterocycles. The fraction of sp³-hybridized carbons (Fsp3) is 0.400. The van der Waals surface area contributed by atoms with Crippen LogP contribution in [0.5, 0.6) is 0 Å². The van der Waals surface area contributed by atoms with E-state index in [0.29, 0.717) is 22.1 Å². The molecule has 0 radical (unpaired) electrons. The third kappa shape index (κ3) is 3.00. The van der Waals surface area contributed by atoms with Crippen LogP contribution in [-0.4, -0.2) is 23.0 Å². The second-order valence-electron chi connectivity index (χ2n) is 5.57. The number of fused-ring (bicyclic) bond motifs is 1. The van der Waals surface area contributed by atoms with Crippen molar-refractivity contribution in [1.29, 1.82) is 0 Å². The Morgan fingerprint density at radius 1 is 1.52 bits per heavy atom. The van der Waals surface area contributed by atoms with Crippen LogP contribution in [0.4, 0.5) is 5.69 Å². The first-order chi connectivity index (χ1) is 9.98. The Morgan fingerprint density at radius 3 is 3.05 bits per heavy atom. The van der Waals surface area contributed by atoms with Gasteiger partial charge in [0.1, 0.15) is 4.88 Å². The molecule has 1 aromatic carbocycles. The molecule has 0 saturated carbocycles. The van der Waals surface area contributed by atoms with Crippen LogP contribution in [0.3, 0.4) is 0 Å². The molecule has 3 nitrogen and oxygen atoms in total. The molecule has 3 rings (SSSR count). The van der Waals surface area contributed by atoms with Gasteiger partial charge in [-0.05, 0) is 43.7 Å². The first-order valence-electron chi connectivity index (χ1n) is 6.88. The van der Waals surface area contributed by atoms with Gasteiger partial charge in [-0.1, -0.05) is 11.6 Å². The van der Waals surface area contributed by atoms with Crippen LogP contribution in [0.1, 0.15) is 29.4 Å². The summed E-state index contributed by atoms with van der Waals surface area (Å²) in [5.74, 6) is 1.09. The van der Waals surface area contributed by atoms with E-state index in [1.165, 1.54) is 23.5 Å². The number of rotatable bonds is 3. The lowest BCUT2D eigenvalue weighted by Crippen LogP contribution is -2.36. The number of benzene rings is 1. The lowest BCUT2D eigenvalue weighted by Gasteiger charge is -2.22. The summed E-state index contributed by atoms with van der Waals surface area (Å²) in [4.78, 5) is 13.0. The van der Waals surface area contributed by atoms with E-state index >= 15 is 0 Å². The summed E-state index contributed by atoms with van der Waals surface area (Å²) in [6.45, 7) is 2.89. The Labute approximate surface area is 137 Å². The molecule has 0 bridgehead atoms. The summed E-state index contributed by atoms with van der Waals surface area (Å²) in [7, 11) is 0. The molecule has 1 aliphatic rings. The highest BCUT2D eigenvalue weighted by atomic mass is 35.5. The van der Waals surface area contributed by atoms with Crippen molar-refractivity contribution in [1.82, 2.24) is 5.32 Å². The Balaban J connectivity index is 1.80. The Kier molecular flexibility index (Phi) is 4.08. The third-order valence-corrected chi connectivity index (χ3v) is 6.78. The number of halogens is 1. The molecule has 1 aromatic heterocycles. The predicted octanol–water partition coefficient (Wildman–Crippen LogP) is 4.15. The third-order valence-electron chi connectivity index (χ3n) is 3.82. The average molecular weight is 341 g/mol. The van der Waals surface area contributed by atoms with Gasteiger partial charge in [0.2, 0.25) is 0 Å². The van der Waals surface area contributed by atoms with Crippen molar-refractivity contribution in [2.45, 2.75) is 24.5 Å². The Morgan fingerprint density at radius 2 is 2.33 bits per heavy atom. The molecule has 1 amide bonds. The number of hydrogen-bond acceptors (Lipinski definition) is 4. The molecule has 1 unspecified atom stereocenters. The van der Waals surface area contributed by atoms with Gasteiger partial charge in [0, 0.05) is 26.4 Å². The fourth-order valence-electron chi connectivity index (χ4n) is 2.58. The number of thioether (sulfide) groups is 1. The molecule has 0 spiro atoms. The summed E-state index contributed by atoms with van der Waals surface area (Å²) in [5, 5.41) is 4.53. The molecule has 2 aromatic rings. The van der Waals surface area contributed by atoms with E-state index in [9.17, 15) is 4.79 Å². The quantitative estimate of drug-likeness (QED) is 0.882. The van der Waals surface area contributed by atoms with Crippen molar-refractivity contribution in [3.63, 3.8) is 0 Å². The summed E-state index contributed by atoms with van der Waals surface area (Å²) >= 11 is 9.34. The largest absolute Gasteiger partial charge is 0.397 e. The minimum Gasteiger partial charge on any atom is -0.397 e. The lowest BCUT2D eigenvalue weighted by atomic mass is 10.1. The second-order valence-corrected chi connectivity index (χ2v) is 8.74. The molecule has 0 aliphatic carbocycles. The van der Waals surface area contributed by atoms with E-state index in [0.717, 1.165) is 16.5 Å². The normalized spacial score (nSPS) is 21.8. The van der Waals surface area contributed by atoms with Crippen molar-refractivity contribution in [3.8, 4) is 0 Å². The maximum Gasteiger partial charge on any atom is 0.263 e. The maximum atomic E-state index is 12.4. The van der Waals surface area contributed by atoms with E-state index in [1.54, 1.807) is 0 Å². The van der Waals surface area contributed by atoms with Gasteiger partial charge >= 0.3 is 0 Å². The van der Waals surface area contributed by atoms with Crippen LogP contribution in [-0.2, 0) is 0 Å². The van der Waals surface area contributed by atoms with Crippen molar-refractivity contribution in [2.24, 2.45) is 0 Å². The zero-order valence-electron chi connectivity index (χ0n) is 11.7. The summed E-state index contributed by atoms with van der Waals surface area (Å²) in [6.07, 6.45) is 2.37. The highest BCUT2D eigenvalue weighted by Crippen LogP contribution is 2.38. The minimum absolute atomic E-state index is 0.0847. The topological polar surface area (TPSA) is 55.1 Å². The van der Waals surface area contributed by atoms with Crippen molar-refractivity contribution < 1.29 is 4.79 Å². The minimum atomic E-state index is -0.0847. The van der Waals surface area contributed by atoms with Crippen LogP contribution in [0.25, 0.3) is 10.1 Å². The molecular formula is C15H17ClN2OS2. The van der Waals surface area contributed by atoms with Crippen molar-refractivity contribution >= 4 is 56.4 Å². The molecule has 1 aliphatic heterocycles. The van der Waals surface area contributed by atoms with E-state index in [2.05, 4.69) is 12.2 Å². The van der Waals surface area contributed by atoms with Gasteiger partial charge in [-0.25, -0.2) is 0 Å². The van der Waals surface area contributed by atoms with Crippen LogP contribution in [0, 0.1) is 0 Å². The highest BCUT2D eigenvalue weighted by molar-refractivity contribution is 8.00. The first kappa shape index (κ1) is 15.0. The second kappa shape index (κ2) is 5.71. The smallest absolute Gasteiger partial charge is 0.263 e. The van der Waals surface area contributed by atoms with Gasteiger partial charge in [-0.15, -0.1) is 11.3 Å². The number of anilines is 1. The molecule has 21 heavy (non-hydrogen) atoms. The highest BCUT2D eigenvalue weighted by Gasteiger charge is 2.30. The molecular weight excluding hydrogens is 324 g/mol. The number of carbonyl (C=O) groups excluding carboxylic acids is 1. The number of nitrogens with two attached hydrogens (primary N) is 1. The molecule has 3 N–H and O–H groups in total. The lowest BCUT2D eigenvalue weighted by molar-refractivity contribution is 0.0955. The molecule has 1 atom stereocenters. The summed E-state index contributed by atoms with van der Waals surface area (Å²) < 4.78 is 1.15. The molecule has 6 heteroatoms. The number of hydrogen-bond donors (Lipinski definition) is 2. The van der Waals surface area contributed by atoms with E-state index in [1.807, 2.05) is 30.0 Å². The van der Waals surface area contributed by atoms with Gasteiger partial charge < -0.3 is 11.1 Å².